The summed E-state index contributed by atoms with van der Waals surface area (Å²) in [5.74, 6) is 0.767. The van der Waals surface area contributed by atoms with Gasteiger partial charge in [0.15, 0.2) is 0 Å². The van der Waals surface area contributed by atoms with Crippen molar-refractivity contribution in [3.63, 3.8) is 0 Å². The summed E-state index contributed by atoms with van der Waals surface area (Å²) < 4.78 is 0. The van der Waals surface area contributed by atoms with Crippen LogP contribution in [0.2, 0.25) is 0 Å². The highest BCUT2D eigenvalue weighted by molar-refractivity contribution is 7.99. The average molecular weight is 273 g/mol. The molecule has 1 aliphatic carbocycles. The van der Waals surface area contributed by atoms with Crippen LogP contribution in [0.4, 0.5) is 0 Å². The fourth-order valence-corrected chi connectivity index (χ4v) is 3.13. The Morgan fingerprint density at radius 3 is 2.50 bits per heavy atom. The van der Waals surface area contributed by atoms with E-state index in [0.29, 0.717) is 0 Å². The third kappa shape index (κ3) is 4.52. The number of amides is 1. The van der Waals surface area contributed by atoms with Crippen molar-refractivity contribution in [2.24, 2.45) is 5.92 Å². The van der Waals surface area contributed by atoms with E-state index in [-0.39, 0.29) is 24.4 Å². The van der Waals surface area contributed by atoms with Gasteiger partial charge in [0, 0.05) is 17.7 Å². The Kier molecular flexibility index (Phi) is 6.54. The lowest BCUT2D eigenvalue weighted by atomic mass is 10.1. The topological polar surface area (TPSA) is 57.6 Å². The SMILES string of the molecule is CCSCC(C)C(=O)N(CC(=O)O)C1CCCC1. The van der Waals surface area contributed by atoms with Crippen LogP contribution < -0.4 is 0 Å². The second kappa shape index (κ2) is 7.67. The number of aliphatic carboxylic acids is 1. The highest BCUT2D eigenvalue weighted by Crippen LogP contribution is 2.25. The maximum Gasteiger partial charge on any atom is 0.323 e. The van der Waals surface area contributed by atoms with Crippen molar-refractivity contribution in [1.82, 2.24) is 4.90 Å². The first-order valence-electron chi connectivity index (χ1n) is 6.66. The average Bonchev–Trinajstić information content (AvgIpc) is 2.85. The molecule has 1 amide bonds. The van der Waals surface area contributed by atoms with E-state index in [9.17, 15) is 9.59 Å². The summed E-state index contributed by atoms with van der Waals surface area (Å²) in [5, 5.41) is 8.95. The Morgan fingerprint density at radius 2 is 2.00 bits per heavy atom. The van der Waals surface area contributed by atoms with Crippen LogP contribution in [0.5, 0.6) is 0 Å². The number of carboxylic acids is 1. The highest BCUT2D eigenvalue weighted by atomic mass is 32.2. The molecule has 0 heterocycles. The van der Waals surface area contributed by atoms with Crippen LogP contribution >= 0.6 is 11.8 Å². The van der Waals surface area contributed by atoms with Gasteiger partial charge < -0.3 is 10.0 Å². The van der Waals surface area contributed by atoms with Crippen molar-refractivity contribution in [3.8, 4) is 0 Å². The van der Waals surface area contributed by atoms with Crippen LogP contribution in [0.3, 0.4) is 0 Å². The fourth-order valence-electron chi connectivity index (χ4n) is 2.40. The van der Waals surface area contributed by atoms with E-state index in [4.69, 9.17) is 5.11 Å². The predicted molar refractivity (Wildman–Crippen MR) is 73.8 cm³/mol. The molecule has 0 radical (unpaired) electrons. The molecule has 1 fully saturated rings. The maximum absolute atomic E-state index is 12.3. The number of rotatable bonds is 7. The van der Waals surface area contributed by atoms with Crippen LogP contribution in [0, 0.1) is 5.92 Å². The Balaban J connectivity index is 2.62. The summed E-state index contributed by atoms with van der Waals surface area (Å²) in [5.41, 5.74) is 0. The molecule has 4 nitrogen and oxygen atoms in total. The minimum atomic E-state index is -0.911. The van der Waals surface area contributed by atoms with Crippen molar-refractivity contribution >= 4 is 23.6 Å². The van der Waals surface area contributed by atoms with Crippen molar-refractivity contribution in [3.05, 3.63) is 0 Å². The second-order valence-corrected chi connectivity index (χ2v) is 6.18. The second-order valence-electron chi connectivity index (χ2n) is 4.86. The molecule has 18 heavy (non-hydrogen) atoms. The minimum absolute atomic E-state index is 0.00486. The molecule has 1 aliphatic rings. The van der Waals surface area contributed by atoms with Gasteiger partial charge in [0.1, 0.15) is 6.54 Å². The standard InChI is InChI=1S/C13H23NO3S/c1-3-18-9-10(2)13(17)14(8-12(15)16)11-6-4-5-7-11/h10-11H,3-9H2,1-2H3,(H,15,16). The molecule has 0 spiro atoms. The number of carbonyl (C=O) groups excluding carboxylic acids is 1. The molecule has 1 unspecified atom stereocenters. The van der Waals surface area contributed by atoms with Crippen LogP contribution in [0.15, 0.2) is 0 Å². The number of hydrogen-bond donors (Lipinski definition) is 1. The molecule has 1 N–H and O–H groups in total. The van der Waals surface area contributed by atoms with Gasteiger partial charge in [0.2, 0.25) is 5.91 Å². The summed E-state index contributed by atoms with van der Waals surface area (Å²) >= 11 is 1.73. The largest absolute Gasteiger partial charge is 0.480 e. The van der Waals surface area contributed by atoms with Crippen LogP contribution in [-0.2, 0) is 9.59 Å². The monoisotopic (exact) mass is 273 g/mol. The van der Waals surface area contributed by atoms with Gasteiger partial charge in [0.25, 0.3) is 0 Å². The zero-order valence-corrected chi connectivity index (χ0v) is 12.0. The first kappa shape index (κ1) is 15.3. The minimum Gasteiger partial charge on any atom is -0.480 e. The lowest BCUT2D eigenvalue weighted by Crippen LogP contribution is -2.45. The molecular weight excluding hydrogens is 250 g/mol. The first-order valence-corrected chi connectivity index (χ1v) is 7.81. The zero-order chi connectivity index (χ0) is 13.5. The Morgan fingerprint density at radius 1 is 1.39 bits per heavy atom. The van der Waals surface area contributed by atoms with E-state index >= 15 is 0 Å². The van der Waals surface area contributed by atoms with Crippen molar-refractivity contribution < 1.29 is 14.7 Å². The van der Waals surface area contributed by atoms with E-state index in [1.54, 1.807) is 16.7 Å². The number of carboxylic acid groups (broad SMARTS) is 1. The number of nitrogens with zero attached hydrogens (tertiary/aromatic N) is 1. The van der Waals surface area contributed by atoms with E-state index in [0.717, 1.165) is 37.2 Å². The molecule has 0 bridgehead atoms. The summed E-state index contributed by atoms with van der Waals surface area (Å²) in [4.78, 5) is 24.8. The summed E-state index contributed by atoms with van der Waals surface area (Å²) in [6.07, 6.45) is 4.11. The molecular formula is C13H23NO3S. The van der Waals surface area contributed by atoms with E-state index in [1.807, 2.05) is 6.92 Å². The third-order valence-corrected chi connectivity index (χ3v) is 4.49. The van der Waals surface area contributed by atoms with Crippen LogP contribution in [0.1, 0.15) is 39.5 Å². The zero-order valence-electron chi connectivity index (χ0n) is 11.2. The van der Waals surface area contributed by atoms with Crippen molar-refractivity contribution in [2.75, 3.05) is 18.1 Å². The van der Waals surface area contributed by atoms with Crippen LogP contribution in [0.25, 0.3) is 0 Å². The lowest BCUT2D eigenvalue weighted by Gasteiger charge is -2.29. The van der Waals surface area contributed by atoms with Gasteiger partial charge in [-0.25, -0.2) is 0 Å². The number of thioether (sulfide) groups is 1. The van der Waals surface area contributed by atoms with E-state index < -0.39 is 5.97 Å². The van der Waals surface area contributed by atoms with Gasteiger partial charge in [0.05, 0.1) is 0 Å². The van der Waals surface area contributed by atoms with E-state index in [1.165, 1.54) is 0 Å². The highest BCUT2D eigenvalue weighted by Gasteiger charge is 2.30. The van der Waals surface area contributed by atoms with E-state index in [2.05, 4.69) is 6.92 Å². The smallest absolute Gasteiger partial charge is 0.323 e. The summed E-state index contributed by atoms with van der Waals surface area (Å²) in [6, 6.07) is 0.141. The van der Waals surface area contributed by atoms with Gasteiger partial charge in [-0.1, -0.05) is 26.7 Å². The molecule has 104 valence electrons. The number of hydrogen-bond acceptors (Lipinski definition) is 3. The Hall–Kier alpha value is -0.710. The van der Waals surface area contributed by atoms with Gasteiger partial charge in [-0.3, -0.25) is 9.59 Å². The lowest BCUT2D eigenvalue weighted by molar-refractivity contribution is -0.147. The van der Waals surface area contributed by atoms with Crippen molar-refractivity contribution in [1.29, 1.82) is 0 Å². The molecule has 0 aliphatic heterocycles. The third-order valence-electron chi connectivity index (χ3n) is 3.35. The summed E-state index contributed by atoms with van der Waals surface area (Å²) in [7, 11) is 0. The normalized spacial score (nSPS) is 17.7. The van der Waals surface area contributed by atoms with Crippen molar-refractivity contribution in [2.45, 2.75) is 45.6 Å². The van der Waals surface area contributed by atoms with Gasteiger partial charge in [-0.05, 0) is 18.6 Å². The first-order chi connectivity index (χ1) is 8.56. The molecule has 1 rings (SSSR count). The van der Waals surface area contributed by atoms with Gasteiger partial charge >= 0.3 is 5.97 Å². The predicted octanol–water partition coefficient (Wildman–Crippen LogP) is 2.23. The number of carbonyl (C=O) groups is 2. The van der Waals surface area contributed by atoms with Crippen LogP contribution in [-0.4, -0.2) is 46.0 Å². The van der Waals surface area contributed by atoms with Gasteiger partial charge in [-0.2, -0.15) is 11.8 Å². The molecule has 1 atom stereocenters. The molecule has 0 saturated heterocycles. The molecule has 0 aromatic carbocycles. The van der Waals surface area contributed by atoms with Gasteiger partial charge in [-0.15, -0.1) is 0 Å². The molecule has 0 aromatic heterocycles. The maximum atomic E-state index is 12.3. The Labute approximate surface area is 113 Å². The molecule has 5 heteroatoms. The quantitative estimate of drug-likeness (QED) is 0.773. The molecule has 0 aromatic rings. The fraction of sp³-hybridized carbons (Fsp3) is 0.846. The Bertz CT molecular complexity index is 290. The molecule has 1 saturated carbocycles. The summed E-state index contributed by atoms with van der Waals surface area (Å²) in [6.45, 7) is 3.81.